The molecule has 7 nitrogen and oxygen atoms in total. The maximum absolute atomic E-state index is 12.6. The van der Waals surface area contributed by atoms with Crippen LogP contribution in [0.3, 0.4) is 0 Å². The lowest BCUT2D eigenvalue weighted by molar-refractivity contribution is -0.137. The molecule has 0 saturated heterocycles. The molecule has 0 atom stereocenters. The molecule has 0 radical (unpaired) electrons. The first-order valence-electron chi connectivity index (χ1n) is 8.85. The maximum Gasteiger partial charge on any atom is 0.303 e. The van der Waals surface area contributed by atoms with Crippen LogP contribution in [0.2, 0.25) is 0 Å². The molecule has 2 aromatic carbocycles. The van der Waals surface area contributed by atoms with E-state index in [1.807, 2.05) is 38.1 Å². The van der Waals surface area contributed by atoms with Crippen molar-refractivity contribution in [1.29, 1.82) is 0 Å². The standard InChI is InChI=1S/C20H25N3O4S/c1-15-6-10-18(11-7-15)22-21-16(2)17-8-12-19(13-9-17)28(26,27)23(3)14-4-5-20(24)25/h6-13,22H,4-5,14H2,1-3H3,(H,24,25)/b21-16-. The molecule has 0 saturated carbocycles. The quantitative estimate of drug-likeness (QED) is 0.494. The fourth-order valence-electron chi connectivity index (χ4n) is 2.46. The minimum atomic E-state index is -3.65. The van der Waals surface area contributed by atoms with Crippen LogP contribution in [0.1, 0.15) is 30.9 Å². The van der Waals surface area contributed by atoms with Crippen LogP contribution >= 0.6 is 0 Å². The third-order valence-electron chi connectivity index (χ3n) is 4.25. The van der Waals surface area contributed by atoms with Crippen molar-refractivity contribution in [1.82, 2.24) is 4.31 Å². The van der Waals surface area contributed by atoms with Gasteiger partial charge in [0.1, 0.15) is 0 Å². The Kier molecular flexibility index (Phi) is 7.31. The van der Waals surface area contributed by atoms with Gasteiger partial charge in [-0.1, -0.05) is 29.8 Å². The number of hydrazone groups is 1. The van der Waals surface area contributed by atoms with Gasteiger partial charge in [-0.2, -0.15) is 5.10 Å². The van der Waals surface area contributed by atoms with Crippen molar-refractivity contribution in [3.63, 3.8) is 0 Å². The van der Waals surface area contributed by atoms with Crippen LogP contribution in [0.4, 0.5) is 5.69 Å². The highest BCUT2D eigenvalue weighted by Gasteiger charge is 2.20. The van der Waals surface area contributed by atoms with Crippen molar-refractivity contribution in [2.45, 2.75) is 31.6 Å². The van der Waals surface area contributed by atoms with Crippen molar-refractivity contribution in [3.8, 4) is 0 Å². The number of sulfonamides is 1. The van der Waals surface area contributed by atoms with E-state index >= 15 is 0 Å². The van der Waals surface area contributed by atoms with Crippen LogP contribution in [-0.4, -0.2) is 43.1 Å². The monoisotopic (exact) mass is 403 g/mol. The normalized spacial score (nSPS) is 12.2. The minimum absolute atomic E-state index is 0.0670. The van der Waals surface area contributed by atoms with E-state index in [1.165, 1.54) is 23.5 Å². The lowest BCUT2D eigenvalue weighted by Gasteiger charge is -2.17. The molecule has 28 heavy (non-hydrogen) atoms. The molecule has 0 unspecified atom stereocenters. The van der Waals surface area contributed by atoms with Gasteiger partial charge in [0.15, 0.2) is 0 Å². The number of nitrogens with zero attached hydrogens (tertiary/aromatic N) is 2. The smallest absolute Gasteiger partial charge is 0.303 e. The van der Waals surface area contributed by atoms with Gasteiger partial charge >= 0.3 is 5.97 Å². The van der Waals surface area contributed by atoms with E-state index in [4.69, 9.17) is 5.11 Å². The topological polar surface area (TPSA) is 99.1 Å². The Balaban J connectivity index is 2.05. The lowest BCUT2D eigenvalue weighted by Crippen LogP contribution is -2.28. The second-order valence-electron chi connectivity index (χ2n) is 6.52. The molecule has 2 N–H and O–H groups in total. The van der Waals surface area contributed by atoms with Gasteiger partial charge in [0.2, 0.25) is 10.0 Å². The van der Waals surface area contributed by atoms with E-state index < -0.39 is 16.0 Å². The largest absolute Gasteiger partial charge is 0.481 e. The van der Waals surface area contributed by atoms with Gasteiger partial charge in [0.05, 0.1) is 16.3 Å². The number of carbonyl (C=O) groups is 1. The first kappa shape index (κ1) is 21.6. The highest BCUT2D eigenvalue weighted by molar-refractivity contribution is 7.89. The van der Waals surface area contributed by atoms with Gasteiger partial charge in [-0.15, -0.1) is 0 Å². The predicted octanol–water partition coefficient (Wildman–Crippen LogP) is 3.32. The molecule has 0 spiro atoms. The Bertz CT molecular complexity index is 936. The third-order valence-corrected chi connectivity index (χ3v) is 6.12. The molecule has 150 valence electrons. The molecule has 0 aliphatic heterocycles. The number of rotatable bonds is 9. The van der Waals surface area contributed by atoms with Crippen LogP contribution in [-0.2, 0) is 14.8 Å². The van der Waals surface area contributed by atoms with Gasteiger partial charge in [-0.05, 0) is 50.1 Å². The van der Waals surface area contributed by atoms with Crippen LogP contribution in [0.25, 0.3) is 0 Å². The van der Waals surface area contributed by atoms with E-state index in [-0.39, 0.29) is 24.3 Å². The predicted molar refractivity (Wildman–Crippen MR) is 110 cm³/mol. The minimum Gasteiger partial charge on any atom is -0.481 e. The van der Waals surface area contributed by atoms with E-state index in [0.29, 0.717) is 0 Å². The first-order valence-corrected chi connectivity index (χ1v) is 10.3. The lowest BCUT2D eigenvalue weighted by atomic mass is 10.1. The van der Waals surface area contributed by atoms with E-state index in [9.17, 15) is 13.2 Å². The van der Waals surface area contributed by atoms with Crippen molar-refractivity contribution in [3.05, 3.63) is 59.7 Å². The Labute approximate surface area is 165 Å². The summed E-state index contributed by atoms with van der Waals surface area (Å²) in [6, 6.07) is 14.3. The van der Waals surface area contributed by atoms with E-state index in [2.05, 4.69) is 10.5 Å². The fourth-order valence-corrected chi connectivity index (χ4v) is 3.67. The van der Waals surface area contributed by atoms with Gasteiger partial charge in [0, 0.05) is 20.0 Å². The fraction of sp³-hybridized carbons (Fsp3) is 0.300. The van der Waals surface area contributed by atoms with Crippen molar-refractivity contribution in [2.24, 2.45) is 5.10 Å². The molecule has 8 heteroatoms. The zero-order chi connectivity index (χ0) is 20.7. The van der Waals surface area contributed by atoms with Gasteiger partial charge in [-0.3, -0.25) is 10.2 Å². The second kappa shape index (κ2) is 9.48. The highest BCUT2D eigenvalue weighted by atomic mass is 32.2. The zero-order valence-corrected chi connectivity index (χ0v) is 17.0. The molecule has 0 heterocycles. The van der Waals surface area contributed by atoms with Crippen LogP contribution in [0.15, 0.2) is 58.5 Å². The van der Waals surface area contributed by atoms with Gasteiger partial charge in [0.25, 0.3) is 0 Å². The van der Waals surface area contributed by atoms with Gasteiger partial charge in [-0.25, -0.2) is 12.7 Å². The van der Waals surface area contributed by atoms with Gasteiger partial charge < -0.3 is 5.11 Å². The van der Waals surface area contributed by atoms with Crippen LogP contribution < -0.4 is 5.43 Å². The second-order valence-corrected chi connectivity index (χ2v) is 8.57. The summed E-state index contributed by atoms with van der Waals surface area (Å²) in [5.41, 5.74) is 6.53. The number of aryl methyl sites for hydroxylation is 1. The number of carboxylic acid groups (broad SMARTS) is 1. The summed E-state index contributed by atoms with van der Waals surface area (Å²) >= 11 is 0. The summed E-state index contributed by atoms with van der Waals surface area (Å²) in [4.78, 5) is 10.7. The number of hydrogen-bond acceptors (Lipinski definition) is 5. The number of hydrogen-bond donors (Lipinski definition) is 2. The molecule has 0 aliphatic carbocycles. The molecule has 2 rings (SSSR count). The SMILES string of the molecule is C/C(=N/Nc1ccc(C)cc1)c1ccc(S(=O)(=O)N(C)CCCC(=O)O)cc1. The number of aliphatic carboxylic acids is 1. The van der Waals surface area contributed by atoms with Crippen molar-refractivity contribution >= 4 is 27.4 Å². The molecular weight excluding hydrogens is 378 g/mol. The Morgan fingerprint density at radius 2 is 1.71 bits per heavy atom. The maximum atomic E-state index is 12.6. The zero-order valence-electron chi connectivity index (χ0n) is 16.2. The summed E-state index contributed by atoms with van der Waals surface area (Å²) < 4.78 is 26.3. The summed E-state index contributed by atoms with van der Waals surface area (Å²) in [6.45, 7) is 4.00. The molecule has 0 bridgehead atoms. The summed E-state index contributed by atoms with van der Waals surface area (Å²) in [6.07, 6.45) is 0.196. The summed E-state index contributed by atoms with van der Waals surface area (Å²) in [5.74, 6) is -0.941. The van der Waals surface area contributed by atoms with E-state index in [1.54, 1.807) is 12.1 Å². The Hall–Kier alpha value is -2.71. The number of benzene rings is 2. The summed E-state index contributed by atoms with van der Waals surface area (Å²) in [7, 11) is -2.21. The van der Waals surface area contributed by atoms with Crippen molar-refractivity contribution < 1.29 is 18.3 Å². The molecule has 0 aromatic heterocycles. The number of anilines is 1. The van der Waals surface area contributed by atoms with Crippen LogP contribution in [0, 0.1) is 6.92 Å². The molecule has 0 amide bonds. The average molecular weight is 404 g/mol. The van der Waals surface area contributed by atoms with Crippen LogP contribution in [0.5, 0.6) is 0 Å². The van der Waals surface area contributed by atoms with Crippen molar-refractivity contribution in [2.75, 3.05) is 19.0 Å². The first-order chi connectivity index (χ1) is 13.2. The molecular formula is C20H25N3O4S. The number of nitrogens with one attached hydrogen (secondary N) is 1. The molecule has 0 aliphatic rings. The summed E-state index contributed by atoms with van der Waals surface area (Å²) in [5, 5.41) is 13.0. The Morgan fingerprint density at radius 3 is 2.29 bits per heavy atom. The Morgan fingerprint density at radius 1 is 1.11 bits per heavy atom. The highest BCUT2D eigenvalue weighted by Crippen LogP contribution is 2.17. The van der Waals surface area contributed by atoms with E-state index in [0.717, 1.165) is 22.5 Å². The third kappa shape index (κ3) is 5.90. The number of carboxylic acids is 1. The molecule has 2 aromatic rings. The molecule has 0 fully saturated rings. The average Bonchev–Trinajstić information content (AvgIpc) is 2.67.